The third-order valence-electron chi connectivity index (χ3n) is 4.94. The first-order valence-corrected chi connectivity index (χ1v) is 8.12. The number of ether oxygens (including phenoxy) is 2. The van der Waals surface area contributed by atoms with Crippen LogP contribution in [0.15, 0.2) is 18.3 Å². The summed E-state index contributed by atoms with van der Waals surface area (Å²) in [4.78, 5) is 4.44. The fourth-order valence-electron chi connectivity index (χ4n) is 3.78. The molecule has 1 N–H and O–H groups in total. The van der Waals surface area contributed by atoms with Crippen LogP contribution in [0, 0.1) is 17.8 Å². The predicted octanol–water partition coefficient (Wildman–Crippen LogP) is 2.63. The average molecular weight is 290 g/mol. The van der Waals surface area contributed by atoms with E-state index in [2.05, 4.69) is 10.3 Å². The number of hydrogen-bond acceptors (Lipinski definition) is 4. The van der Waals surface area contributed by atoms with Crippen LogP contribution in [-0.2, 0) is 11.3 Å². The van der Waals surface area contributed by atoms with Gasteiger partial charge in [0, 0.05) is 20.2 Å². The highest BCUT2D eigenvalue weighted by Gasteiger charge is 2.39. The third-order valence-corrected chi connectivity index (χ3v) is 4.94. The lowest BCUT2D eigenvalue weighted by molar-refractivity contribution is 0.194. The van der Waals surface area contributed by atoms with Gasteiger partial charge in [-0.15, -0.1) is 0 Å². The lowest BCUT2D eigenvalue weighted by Crippen LogP contribution is -2.19. The maximum absolute atomic E-state index is 5.94. The summed E-state index contributed by atoms with van der Waals surface area (Å²) in [6.07, 6.45) is 7.54. The molecule has 1 aromatic rings. The molecule has 0 radical (unpaired) electrons. The van der Waals surface area contributed by atoms with Crippen molar-refractivity contribution in [2.75, 3.05) is 26.9 Å². The Morgan fingerprint density at radius 3 is 2.90 bits per heavy atom. The second-order valence-electron chi connectivity index (χ2n) is 6.40. The Kier molecular flexibility index (Phi) is 5.09. The lowest BCUT2D eigenvalue weighted by atomic mass is 9.90. The fourth-order valence-corrected chi connectivity index (χ4v) is 3.78. The number of hydrogen-bond donors (Lipinski definition) is 1. The molecule has 3 atom stereocenters. The van der Waals surface area contributed by atoms with E-state index in [1.54, 1.807) is 7.11 Å². The summed E-state index contributed by atoms with van der Waals surface area (Å²) >= 11 is 0. The van der Waals surface area contributed by atoms with Gasteiger partial charge in [-0.1, -0.05) is 6.42 Å². The zero-order chi connectivity index (χ0) is 14.5. The fraction of sp³-hybridized carbons (Fsp3) is 0.706. The summed E-state index contributed by atoms with van der Waals surface area (Å²) in [5.74, 6) is 3.59. The number of fused-ring (bicyclic) bond motifs is 2. The maximum atomic E-state index is 5.94. The van der Waals surface area contributed by atoms with Crippen LogP contribution in [0.5, 0.6) is 5.75 Å². The predicted molar refractivity (Wildman–Crippen MR) is 82.3 cm³/mol. The van der Waals surface area contributed by atoms with Gasteiger partial charge in [-0.05, 0) is 49.1 Å². The third kappa shape index (κ3) is 3.95. The Balaban J connectivity index is 1.40. The monoisotopic (exact) mass is 290 g/mol. The number of nitrogens with zero attached hydrogens (tertiary/aromatic N) is 1. The number of aromatic nitrogens is 1. The molecule has 2 aliphatic carbocycles. The largest absolute Gasteiger partial charge is 0.492 e. The van der Waals surface area contributed by atoms with Crippen molar-refractivity contribution in [2.24, 2.45) is 17.8 Å². The average Bonchev–Trinajstić information content (AvgIpc) is 3.13. The smallest absolute Gasteiger partial charge is 0.137 e. The van der Waals surface area contributed by atoms with Gasteiger partial charge in [-0.3, -0.25) is 4.98 Å². The molecule has 2 fully saturated rings. The molecule has 116 valence electrons. The molecule has 4 nitrogen and oxygen atoms in total. The van der Waals surface area contributed by atoms with Gasteiger partial charge in [0.2, 0.25) is 0 Å². The molecule has 2 aliphatic rings. The van der Waals surface area contributed by atoms with Gasteiger partial charge in [0.15, 0.2) is 0 Å². The van der Waals surface area contributed by atoms with Crippen LogP contribution < -0.4 is 10.1 Å². The number of rotatable bonds is 8. The van der Waals surface area contributed by atoms with Crippen molar-refractivity contribution >= 4 is 0 Å². The van der Waals surface area contributed by atoms with Gasteiger partial charge in [0.1, 0.15) is 5.75 Å². The van der Waals surface area contributed by atoms with Crippen molar-refractivity contribution in [3.8, 4) is 5.75 Å². The van der Waals surface area contributed by atoms with Crippen molar-refractivity contribution < 1.29 is 9.47 Å². The Bertz CT molecular complexity index is 435. The van der Waals surface area contributed by atoms with Gasteiger partial charge in [0.05, 0.1) is 25.1 Å². The number of pyridine rings is 1. The molecule has 3 unspecified atom stereocenters. The molecule has 3 rings (SSSR count). The van der Waals surface area contributed by atoms with Crippen molar-refractivity contribution in [1.29, 1.82) is 0 Å². The Hall–Kier alpha value is -1.13. The molecular formula is C17H26N2O2. The van der Waals surface area contributed by atoms with E-state index in [1.807, 2.05) is 18.3 Å². The van der Waals surface area contributed by atoms with Crippen LogP contribution in [0.3, 0.4) is 0 Å². The van der Waals surface area contributed by atoms with Crippen molar-refractivity contribution in [1.82, 2.24) is 10.3 Å². The summed E-state index contributed by atoms with van der Waals surface area (Å²) in [5, 5.41) is 3.29. The quantitative estimate of drug-likeness (QED) is 0.748. The van der Waals surface area contributed by atoms with E-state index in [1.165, 1.54) is 25.7 Å². The van der Waals surface area contributed by atoms with E-state index < -0.39 is 0 Å². The molecule has 2 saturated carbocycles. The van der Waals surface area contributed by atoms with E-state index in [0.29, 0.717) is 0 Å². The second kappa shape index (κ2) is 7.23. The van der Waals surface area contributed by atoms with E-state index in [9.17, 15) is 0 Å². The molecule has 0 saturated heterocycles. The minimum Gasteiger partial charge on any atom is -0.492 e. The zero-order valence-corrected chi connectivity index (χ0v) is 12.9. The van der Waals surface area contributed by atoms with E-state index >= 15 is 0 Å². The summed E-state index contributed by atoms with van der Waals surface area (Å²) in [6, 6.07) is 4.07. The Labute approximate surface area is 127 Å². The maximum Gasteiger partial charge on any atom is 0.137 e. The zero-order valence-electron chi connectivity index (χ0n) is 12.9. The summed E-state index contributed by atoms with van der Waals surface area (Å²) < 4.78 is 10.9. The highest BCUT2D eigenvalue weighted by molar-refractivity contribution is 5.19. The van der Waals surface area contributed by atoms with Crippen LogP contribution in [0.25, 0.3) is 0 Å². The van der Waals surface area contributed by atoms with E-state index in [4.69, 9.17) is 9.47 Å². The first-order chi connectivity index (χ1) is 10.3. The summed E-state index contributed by atoms with van der Waals surface area (Å²) in [6.45, 7) is 3.22. The van der Waals surface area contributed by atoms with E-state index in [-0.39, 0.29) is 0 Å². The second-order valence-corrected chi connectivity index (χ2v) is 6.40. The van der Waals surface area contributed by atoms with Crippen LogP contribution >= 0.6 is 0 Å². The van der Waals surface area contributed by atoms with Crippen LogP contribution in [0.2, 0.25) is 0 Å². The molecule has 0 spiro atoms. The minimum absolute atomic E-state index is 0.727. The molecule has 0 amide bonds. The molecule has 2 bridgehead atoms. The molecule has 0 aliphatic heterocycles. The minimum atomic E-state index is 0.727. The molecule has 1 heterocycles. The van der Waals surface area contributed by atoms with E-state index in [0.717, 1.165) is 55.5 Å². The highest BCUT2D eigenvalue weighted by Crippen LogP contribution is 2.48. The molecule has 1 aromatic heterocycles. The van der Waals surface area contributed by atoms with Gasteiger partial charge < -0.3 is 14.8 Å². The van der Waals surface area contributed by atoms with Crippen molar-refractivity contribution in [3.05, 3.63) is 24.0 Å². The number of nitrogens with one attached hydrogen (secondary N) is 1. The van der Waals surface area contributed by atoms with Crippen LogP contribution in [0.4, 0.5) is 0 Å². The first-order valence-electron chi connectivity index (χ1n) is 8.12. The molecule has 21 heavy (non-hydrogen) atoms. The van der Waals surface area contributed by atoms with Crippen molar-refractivity contribution in [2.45, 2.75) is 32.2 Å². The topological polar surface area (TPSA) is 43.4 Å². The Morgan fingerprint density at radius 2 is 2.24 bits per heavy atom. The summed E-state index contributed by atoms with van der Waals surface area (Å²) in [5.41, 5.74) is 1.04. The van der Waals surface area contributed by atoms with Gasteiger partial charge in [-0.25, -0.2) is 0 Å². The van der Waals surface area contributed by atoms with Gasteiger partial charge >= 0.3 is 0 Å². The Morgan fingerprint density at radius 1 is 1.29 bits per heavy atom. The van der Waals surface area contributed by atoms with Crippen LogP contribution in [0.1, 0.15) is 31.4 Å². The van der Waals surface area contributed by atoms with Gasteiger partial charge in [0.25, 0.3) is 0 Å². The highest BCUT2D eigenvalue weighted by atomic mass is 16.5. The SMILES string of the molecule is COCCNCc1ccc(OCC2CC3CCC2C3)cn1. The molecular weight excluding hydrogens is 264 g/mol. The molecule has 4 heteroatoms. The normalized spacial score (nSPS) is 27.2. The first kappa shape index (κ1) is 14.8. The standard InChI is InChI=1S/C17H26N2O2/c1-20-7-6-18-10-16-4-5-17(11-19-16)21-12-15-9-13-2-3-14(15)8-13/h4-5,11,13-15,18H,2-3,6-10,12H2,1H3. The number of methoxy groups -OCH3 is 1. The lowest BCUT2D eigenvalue weighted by Gasteiger charge is -2.21. The summed E-state index contributed by atoms with van der Waals surface area (Å²) in [7, 11) is 1.71. The van der Waals surface area contributed by atoms with Gasteiger partial charge in [-0.2, -0.15) is 0 Å². The van der Waals surface area contributed by atoms with Crippen molar-refractivity contribution in [3.63, 3.8) is 0 Å². The molecule has 0 aromatic carbocycles. The van der Waals surface area contributed by atoms with Crippen LogP contribution in [-0.4, -0.2) is 31.9 Å².